The quantitative estimate of drug-likeness (QED) is 0.329. The lowest BCUT2D eigenvalue weighted by Crippen LogP contribution is -3.20. The van der Waals surface area contributed by atoms with Gasteiger partial charge in [0.25, 0.3) is 0 Å². The van der Waals surface area contributed by atoms with E-state index in [0.29, 0.717) is 29.4 Å². The summed E-state index contributed by atoms with van der Waals surface area (Å²) < 4.78 is 21.1. The maximum atomic E-state index is 12.2. The number of carbonyl (C=O) groups is 1. The van der Waals surface area contributed by atoms with E-state index in [4.69, 9.17) is 18.9 Å². The minimum absolute atomic E-state index is 0. The number of esters is 1. The maximum Gasteiger partial charge on any atom is 0.338 e. The molecule has 1 aliphatic heterocycles. The maximum absolute atomic E-state index is 12.2. The lowest BCUT2D eigenvalue weighted by Gasteiger charge is -2.21. The number of carbonyl (C=O) groups excluding carboxylic acids is 1. The molecule has 0 saturated carbocycles. The number of hydrogen-bond donors (Lipinski definition) is 2. The van der Waals surface area contributed by atoms with E-state index < -0.39 is 0 Å². The summed E-state index contributed by atoms with van der Waals surface area (Å²) in [7, 11) is 4.56. The normalized spacial score (nSPS) is 13.8. The predicted molar refractivity (Wildman–Crippen MR) is 88.2 cm³/mol. The SMILES string of the molecule is COc1cc(C(=O)OCCC[NH+]2CC[NH2+]CC2)cc(OC)c1OC.[Cl-].[Cl-]. The van der Waals surface area contributed by atoms with Crippen molar-refractivity contribution in [2.24, 2.45) is 0 Å². The first-order chi connectivity index (χ1) is 11.7. The van der Waals surface area contributed by atoms with Gasteiger partial charge < -0.3 is 54.0 Å². The molecule has 0 aromatic heterocycles. The number of ether oxygens (including phenoxy) is 4. The van der Waals surface area contributed by atoms with E-state index >= 15 is 0 Å². The van der Waals surface area contributed by atoms with Gasteiger partial charge in [-0.2, -0.15) is 0 Å². The van der Waals surface area contributed by atoms with Crippen LogP contribution in [0.15, 0.2) is 12.1 Å². The highest BCUT2D eigenvalue weighted by atomic mass is 35.5. The van der Waals surface area contributed by atoms with Gasteiger partial charge in [0.05, 0.1) is 40.0 Å². The Kier molecular flexibility index (Phi) is 12.2. The molecule has 0 aliphatic carbocycles. The number of nitrogens with one attached hydrogen (secondary N) is 1. The molecule has 0 amide bonds. The molecule has 1 saturated heterocycles. The predicted octanol–water partition coefficient (Wildman–Crippen LogP) is -7.27. The van der Waals surface area contributed by atoms with Crippen LogP contribution >= 0.6 is 0 Å². The smallest absolute Gasteiger partial charge is 0.338 e. The van der Waals surface area contributed by atoms with Gasteiger partial charge >= 0.3 is 5.97 Å². The fraction of sp³-hybridized carbons (Fsp3) is 0.588. The third kappa shape index (κ3) is 6.72. The third-order valence-corrected chi connectivity index (χ3v) is 4.21. The molecule has 150 valence electrons. The van der Waals surface area contributed by atoms with Crippen LogP contribution in [0.3, 0.4) is 0 Å². The summed E-state index contributed by atoms with van der Waals surface area (Å²) in [6.07, 6.45) is 0.867. The summed E-state index contributed by atoms with van der Waals surface area (Å²) in [5.41, 5.74) is 0.393. The number of quaternary nitrogens is 2. The molecule has 9 heteroatoms. The molecular formula is C17H28Cl2N2O5. The van der Waals surface area contributed by atoms with E-state index in [1.807, 2.05) is 0 Å². The zero-order valence-electron chi connectivity index (χ0n) is 15.5. The molecule has 26 heavy (non-hydrogen) atoms. The van der Waals surface area contributed by atoms with Crippen LogP contribution in [0.2, 0.25) is 0 Å². The summed E-state index contributed by atoms with van der Waals surface area (Å²) >= 11 is 0. The lowest BCUT2D eigenvalue weighted by molar-refractivity contribution is -0.946. The van der Waals surface area contributed by atoms with Gasteiger partial charge in [-0.25, -0.2) is 4.79 Å². The number of benzene rings is 1. The largest absolute Gasteiger partial charge is 1.00 e. The van der Waals surface area contributed by atoms with Crippen molar-refractivity contribution in [3.05, 3.63) is 17.7 Å². The first-order valence-corrected chi connectivity index (χ1v) is 8.32. The van der Waals surface area contributed by atoms with Gasteiger partial charge in [0.15, 0.2) is 11.5 Å². The van der Waals surface area contributed by atoms with Gasteiger partial charge in [0, 0.05) is 6.42 Å². The van der Waals surface area contributed by atoms with E-state index in [9.17, 15) is 4.79 Å². The number of nitrogens with two attached hydrogens (primary N) is 1. The van der Waals surface area contributed by atoms with Gasteiger partial charge in [-0.05, 0) is 12.1 Å². The lowest BCUT2D eigenvalue weighted by atomic mass is 10.2. The number of methoxy groups -OCH3 is 3. The van der Waals surface area contributed by atoms with Crippen LogP contribution in [0.5, 0.6) is 17.2 Å². The number of hydrogen-bond acceptors (Lipinski definition) is 5. The molecule has 1 fully saturated rings. The Morgan fingerprint density at radius 1 is 1.04 bits per heavy atom. The van der Waals surface area contributed by atoms with Gasteiger partial charge in [-0.1, -0.05) is 0 Å². The van der Waals surface area contributed by atoms with Crippen molar-refractivity contribution in [3.8, 4) is 17.2 Å². The second-order valence-electron chi connectivity index (χ2n) is 5.77. The molecule has 1 heterocycles. The highest BCUT2D eigenvalue weighted by molar-refractivity contribution is 5.91. The van der Waals surface area contributed by atoms with Crippen LogP contribution in [0.1, 0.15) is 16.8 Å². The third-order valence-electron chi connectivity index (χ3n) is 4.21. The summed E-state index contributed by atoms with van der Waals surface area (Å²) in [6.45, 7) is 6.18. The molecule has 7 nitrogen and oxygen atoms in total. The topological polar surface area (TPSA) is 75.0 Å². The zero-order valence-corrected chi connectivity index (χ0v) is 17.0. The highest BCUT2D eigenvalue weighted by Crippen LogP contribution is 2.38. The summed E-state index contributed by atoms with van der Waals surface area (Å²) in [5.74, 6) is 0.967. The van der Waals surface area contributed by atoms with Crippen molar-refractivity contribution in [2.45, 2.75) is 6.42 Å². The van der Waals surface area contributed by atoms with Gasteiger partial charge in [-0.15, -0.1) is 0 Å². The monoisotopic (exact) mass is 410 g/mol. The Morgan fingerprint density at radius 2 is 1.62 bits per heavy atom. The summed E-state index contributed by atoms with van der Waals surface area (Å²) in [5, 5.41) is 2.34. The average Bonchev–Trinajstić information content (AvgIpc) is 2.64. The molecule has 0 radical (unpaired) electrons. The Hall–Kier alpha value is -1.41. The van der Waals surface area contributed by atoms with Gasteiger partial charge in [0.1, 0.15) is 26.2 Å². The van der Waals surface area contributed by atoms with Crippen molar-refractivity contribution in [1.29, 1.82) is 0 Å². The number of piperazine rings is 1. The Bertz CT molecular complexity index is 529. The molecular weight excluding hydrogens is 383 g/mol. The Labute approximate surface area is 167 Å². The van der Waals surface area contributed by atoms with Crippen LogP contribution in [-0.2, 0) is 4.74 Å². The fourth-order valence-electron chi connectivity index (χ4n) is 2.90. The van der Waals surface area contributed by atoms with E-state index in [0.717, 1.165) is 13.0 Å². The molecule has 3 N–H and O–H groups in total. The van der Waals surface area contributed by atoms with Crippen LogP contribution in [-0.4, -0.2) is 66.6 Å². The zero-order chi connectivity index (χ0) is 17.4. The van der Waals surface area contributed by atoms with E-state index in [-0.39, 0.29) is 30.8 Å². The first-order valence-electron chi connectivity index (χ1n) is 8.32. The second kappa shape index (κ2) is 12.9. The summed E-state index contributed by atoms with van der Waals surface area (Å²) in [6, 6.07) is 3.21. The van der Waals surface area contributed by atoms with Crippen molar-refractivity contribution in [3.63, 3.8) is 0 Å². The molecule has 0 atom stereocenters. The van der Waals surface area contributed by atoms with Gasteiger partial charge in [0.2, 0.25) is 5.75 Å². The molecule has 2 rings (SSSR count). The van der Waals surface area contributed by atoms with E-state index in [1.54, 1.807) is 17.0 Å². The minimum Gasteiger partial charge on any atom is -1.00 e. The molecule has 0 spiro atoms. The number of halogens is 2. The Balaban J connectivity index is 0.00000312. The first kappa shape index (κ1) is 24.6. The van der Waals surface area contributed by atoms with Crippen LogP contribution in [0, 0.1) is 0 Å². The van der Waals surface area contributed by atoms with Crippen LogP contribution < -0.4 is 49.2 Å². The second-order valence-corrected chi connectivity index (χ2v) is 5.77. The summed E-state index contributed by atoms with van der Waals surface area (Å²) in [4.78, 5) is 13.8. The van der Waals surface area contributed by atoms with Crippen LogP contribution in [0.25, 0.3) is 0 Å². The highest BCUT2D eigenvalue weighted by Gasteiger charge is 2.18. The molecule has 1 aromatic rings. The minimum atomic E-state index is -0.378. The Morgan fingerprint density at radius 3 is 2.12 bits per heavy atom. The average molecular weight is 411 g/mol. The van der Waals surface area contributed by atoms with Crippen molar-refractivity contribution >= 4 is 5.97 Å². The molecule has 1 aliphatic rings. The number of rotatable bonds is 8. The standard InChI is InChI=1S/C17H26N2O5.2ClH/c1-21-14-11-13(12-15(22-2)16(14)23-3)17(20)24-10-4-7-19-8-5-18-6-9-19;;/h11-12,18H,4-10H2,1-3H3;2*1H. The van der Waals surface area contributed by atoms with Crippen molar-refractivity contribution in [2.75, 3.05) is 60.7 Å². The molecule has 0 bridgehead atoms. The molecule has 1 aromatic carbocycles. The van der Waals surface area contributed by atoms with Crippen molar-refractivity contribution < 1.29 is 58.8 Å². The van der Waals surface area contributed by atoms with Crippen molar-refractivity contribution in [1.82, 2.24) is 0 Å². The molecule has 0 unspecified atom stereocenters. The fourth-order valence-corrected chi connectivity index (χ4v) is 2.90. The van der Waals surface area contributed by atoms with Crippen LogP contribution in [0.4, 0.5) is 0 Å². The van der Waals surface area contributed by atoms with E-state index in [1.165, 1.54) is 47.5 Å². The van der Waals surface area contributed by atoms with Gasteiger partial charge in [-0.3, -0.25) is 0 Å². The van der Waals surface area contributed by atoms with E-state index in [2.05, 4.69) is 5.32 Å².